The molecule has 0 fully saturated rings. The van der Waals surface area contributed by atoms with Gasteiger partial charge in [0.2, 0.25) is 0 Å². The maximum atomic E-state index is 11.9. The van der Waals surface area contributed by atoms with Gasteiger partial charge in [0.25, 0.3) is 5.91 Å². The van der Waals surface area contributed by atoms with Crippen molar-refractivity contribution in [3.05, 3.63) is 34.3 Å². The fourth-order valence-electron chi connectivity index (χ4n) is 1.79. The summed E-state index contributed by atoms with van der Waals surface area (Å²) >= 11 is 5.97. The molecule has 0 saturated heterocycles. The Morgan fingerprint density at radius 2 is 2.33 bits per heavy atom. The second-order valence-electron chi connectivity index (χ2n) is 3.74. The van der Waals surface area contributed by atoms with Crippen LogP contribution >= 0.6 is 11.6 Å². The number of aliphatic hydroxyl groups is 1. The van der Waals surface area contributed by atoms with Gasteiger partial charge >= 0.3 is 0 Å². The highest BCUT2D eigenvalue weighted by molar-refractivity contribution is 6.34. The van der Waals surface area contributed by atoms with Crippen LogP contribution < -0.4 is 0 Å². The number of aliphatic hydroxyl groups excluding tert-OH is 1. The Morgan fingerprint density at radius 1 is 1.60 bits per heavy atom. The first-order chi connectivity index (χ1) is 7.15. The van der Waals surface area contributed by atoms with E-state index >= 15 is 0 Å². The number of amides is 1. The van der Waals surface area contributed by atoms with E-state index in [2.05, 4.69) is 0 Å². The Hall–Kier alpha value is -1.06. The third-order valence-corrected chi connectivity index (χ3v) is 3.03. The molecule has 4 heteroatoms. The van der Waals surface area contributed by atoms with Crippen LogP contribution in [0.15, 0.2) is 18.2 Å². The Morgan fingerprint density at radius 3 is 2.93 bits per heavy atom. The van der Waals surface area contributed by atoms with Crippen LogP contribution in [0.2, 0.25) is 5.02 Å². The lowest BCUT2D eigenvalue weighted by Gasteiger charge is -2.21. The highest BCUT2D eigenvalue weighted by Gasteiger charge is 2.31. The molecular weight excluding hydrogens is 214 g/mol. The zero-order valence-electron chi connectivity index (χ0n) is 8.40. The molecule has 3 nitrogen and oxygen atoms in total. The molecular formula is C11H12ClNO2. The standard InChI is InChI=1S/C11H12ClNO2/c1-7(6-14)13-5-8-3-2-4-9(12)10(8)11(13)15/h2-4,7,14H,5-6H2,1H3. The first kappa shape index (κ1) is 10.5. The van der Waals surface area contributed by atoms with Gasteiger partial charge in [-0.05, 0) is 18.6 Å². The van der Waals surface area contributed by atoms with Gasteiger partial charge in [-0.2, -0.15) is 0 Å². The zero-order chi connectivity index (χ0) is 11.0. The van der Waals surface area contributed by atoms with Gasteiger partial charge in [0, 0.05) is 6.54 Å². The molecule has 0 radical (unpaired) electrons. The number of hydrogen-bond donors (Lipinski definition) is 1. The minimum atomic E-state index is -0.166. The molecule has 80 valence electrons. The molecule has 1 aliphatic rings. The zero-order valence-corrected chi connectivity index (χ0v) is 9.16. The molecule has 1 aromatic rings. The van der Waals surface area contributed by atoms with Crippen molar-refractivity contribution in [2.75, 3.05) is 6.61 Å². The summed E-state index contributed by atoms with van der Waals surface area (Å²) in [7, 11) is 0. The number of carbonyl (C=O) groups excluding carboxylic acids is 1. The lowest BCUT2D eigenvalue weighted by atomic mass is 10.1. The quantitative estimate of drug-likeness (QED) is 0.832. The Labute approximate surface area is 93.3 Å². The summed E-state index contributed by atoms with van der Waals surface area (Å²) < 4.78 is 0. The van der Waals surface area contributed by atoms with Gasteiger partial charge in [0.05, 0.1) is 23.2 Å². The highest BCUT2D eigenvalue weighted by Crippen LogP contribution is 2.29. The van der Waals surface area contributed by atoms with Gasteiger partial charge in [-0.1, -0.05) is 23.7 Å². The smallest absolute Gasteiger partial charge is 0.256 e. The topological polar surface area (TPSA) is 40.5 Å². The molecule has 0 aromatic heterocycles. The fourth-order valence-corrected chi connectivity index (χ4v) is 2.07. The summed E-state index contributed by atoms with van der Waals surface area (Å²) in [5.41, 5.74) is 1.52. The van der Waals surface area contributed by atoms with Gasteiger partial charge in [-0.3, -0.25) is 4.79 Å². The molecule has 0 saturated carbocycles. The van der Waals surface area contributed by atoms with E-state index in [0.717, 1.165) is 5.56 Å². The monoisotopic (exact) mass is 225 g/mol. The van der Waals surface area contributed by atoms with Crippen LogP contribution in [0.4, 0.5) is 0 Å². The van der Waals surface area contributed by atoms with Gasteiger partial charge in [0.15, 0.2) is 0 Å². The minimum absolute atomic E-state index is 0.0304. The van der Waals surface area contributed by atoms with Gasteiger partial charge < -0.3 is 10.0 Å². The Bertz CT molecular complexity index is 406. The SMILES string of the molecule is CC(CO)N1Cc2cccc(Cl)c2C1=O. The average Bonchev–Trinajstić information content (AvgIpc) is 2.56. The number of halogens is 1. The highest BCUT2D eigenvalue weighted by atomic mass is 35.5. The van der Waals surface area contributed by atoms with E-state index < -0.39 is 0 Å². The predicted molar refractivity (Wildman–Crippen MR) is 57.9 cm³/mol. The molecule has 0 bridgehead atoms. The molecule has 15 heavy (non-hydrogen) atoms. The van der Waals surface area contributed by atoms with Crippen molar-refractivity contribution < 1.29 is 9.90 Å². The number of carbonyl (C=O) groups is 1. The first-order valence-corrected chi connectivity index (χ1v) is 5.22. The molecule has 1 amide bonds. The van der Waals surface area contributed by atoms with E-state index in [1.807, 2.05) is 19.1 Å². The average molecular weight is 226 g/mol. The molecule has 2 rings (SSSR count). The molecule has 0 aliphatic carbocycles. The molecule has 1 aliphatic heterocycles. The maximum Gasteiger partial charge on any atom is 0.256 e. The molecule has 1 N–H and O–H groups in total. The summed E-state index contributed by atoms with van der Waals surface area (Å²) in [5, 5.41) is 9.53. The summed E-state index contributed by atoms with van der Waals surface area (Å²) in [6.07, 6.45) is 0. The van der Waals surface area contributed by atoms with Crippen molar-refractivity contribution >= 4 is 17.5 Å². The lowest BCUT2D eigenvalue weighted by Crippen LogP contribution is -2.35. The Kier molecular flexibility index (Phi) is 2.67. The summed E-state index contributed by atoms with van der Waals surface area (Å²) in [6.45, 7) is 2.32. The van der Waals surface area contributed by atoms with Crippen molar-refractivity contribution in [2.24, 2.45) is 0 Å². The number of nitrogens with zero attached hydrogens (tertiary/aromatic N) is 1. The Balaban J connectivity index is 2.38. The third-order valence-electron chi connectivity index (χ3n) is 2.71. The van der Waals surface area contributed by atoms with E-state index in [1.165, 1.54) is 0 Å². The van der Waals surface area contributed by atoms with E-state index in [1.54, 1.807) is 11.0 Å². The van der Waals surface area contributed by atoms with Crippen LogP contribution in [-0.2, 0) is 6.54 Å². The van der Waals surface area contributed by atoms with Crippen LogP contribution in [0.1, 0.15) is 22.8 Å². The van der Waals surface area contributed by atoms with E-state index in [9.17, 15) is 4.79 Å². The summed E-state index contributed by atoms with van der Waals surface area (Å²) in [6, 6.07) is 5.27. The molecule has 0 spiro atoms. The van der Waals surface area contributed by atoms with Crippen molar-refractivity contribution in [1.82, 2.24) is 4.90 Å². The van der Waals surface area contributed by atoms with Crippen LogP contribution in [-0.4, -0.2) is 28.6 Å². The van der Waals surface area contributed by atoms with Gasteiger partial charge in [-0.15, -0.1) is 0 Å². The molecule has 1 aromatic carbocycles. The molecule has 1 atom stereocenters. The second-order valence-corrected chi connectivity index (χ2v) is 4.15. The van der Waals surface area contributed by atoms with E-state index in [-0.39, 0.29) is 18.6 Å². The van der Waals surface area contributed by atoms with Crippen LogP contribution in [0.3, 0.4) is 0 Å². The molecule has 1 unspecified atom stereocenters. The minimum Gasteiger partial charge on any atom is -0.394 e. The van der Waals surface area contributed by atoms with Crippen molar-refractivity contribution in [2.45, 2.75) is 19.5 Å². The first-order valence-electron chi connectivity index (χ1n) is 4.84. The third kappa shape index (κ3) is 1.62. The fraction of sp³-hybridized carbons (Fsp3) is 0.364. The summed E-state index contributed by atoms with van der Waals surface area (Å²) in [5.74, 6) is -0.0860. The van der Waals surface area contributed by atoms with Crippen LogP contribution in [0.5, 0.6) is 0 Å². The number of rotatable bonds is 2. The van der Waals surface area contributed by atoms with Crippen molar-refractivity contribution in [1.29, 1.82) is 0 Å². The second kappa shape index (κ2) is 3.83. The van der Waals surface area contributed by atoms with Gasteiger partial charge in [-0.25, -0.2) is 0 Å². The number of fused-ring (bicyclic) bond motifs is 1. The van der Waals surface area contributed by atoms with Crippen LogP contribution in [0.25, 0.3) is 0 Å². The predicted octanol–water partition coefficient (Wildman–Crippen LogP) is 1.68. The lowest BCUT2D eigenvalue weighted by molar-refractivity contribution is 0.0644. The number of benzene rings is 1. The van der Waals surface area contributed by atoms with Crippen molar-refractivity contribution in [3.8, 4) is 0 Å². The van der Waals surface area contributed by atoms with E-state index in [0.29, 0.717) is 17.1 Å². The maximum absolute atomic E-state index is 11.9. The van der Waals surface area contributed by atoms with E-state index in [4.69, 9.17) is 16.7 Å². The van der Waals surface area contributed by atoms with Gasteiger partial charge in [0.1, 0.15) is 0 Å². The summed E-state index contributed by atoms with van der Waals surface area (Å²) in [4.78, 5) is 13.6. The van der Waals surface area contributed by atoms with Crippen molar-refractivity contribution in [3.63, 3.8) is 0 Å². The largest absolute Gasteiger partial charge is 0.394 e. The normalized spacial score (nSPS) is 16.7. The number of hydrogen-bond acceptors (Lipinski definition) is 2. The molecule has 1 heterocycles. The van der Waals surface area contributed by atoms with Crippen LogP contribution in [0, 0.1) is 0 Å².